The summed E-state index contributed by atoms with van der Waals surface area (Å²) < 4.78 is 67.7. The monoisotopic (exact) mass is 662 g/mol. The Bertz CT molecular complexity index is 1640. The normalized spacial score (nSPS) is 21.1. The van der Waals surface area contributed by atoms with Crippen LogP contribution in [0.5, 0.6) is 5.88 Å². The molecule has 3 aliphatic heterocycles. The Hall–Kier alpha value is -4.47. The zero-order chi connectivity index (χ0) is 32.6. The van der Waals surface area contributed by atoms with Crippen molar-refractivity contribution in [1.82, 2.24) is 19.9 Å². The first-order chi connectivity index (χ1) is 22.0. The number of carboxylic acids is 1. The number of carboxylic acid groups (broad SMARTS) is 1. The Morgan fingerprint density at radius 1 is 1.22 bits per heavy atom. The molecule has 0 aliphatic carbocycles. The summed E-state index contributed by atoms with van der Waals surface area (Å²) in [6.07, 6.45) is -0.997. The van der Waals surface area contributed by atoms with Gasteiger partial charge in [-0.05, 0) is 35.1 Å². The van der Waals surface area contributed by atoms with Gasteiger partial charge in [0.2, 0.25) is 5.88 Å². The Labute approximate surface area is 265 Å². The van der Waals surface area contributed by atoms with E-state index in [-0.39, 0.29) is 49.7 Å². The molecular weight excluding hydrogens is 632 g/mol. The van der Waals surface area contributed by atoms with Crippen LogP contribution in [0.2, 0.25) is 0 Å². The maximum absolute atomic E-state index is 14.6. The van der Waals surface area contributed by atoms with Crippen LogP contribution < -0.4 is 14.5 Å². The van der Waals surface area contributed by atoms with E-state index in [0.29, 0.717) is 29.2 Å². The summed E-state index contributed by atoms with van der Waals surface area (Å²) >= 11 is 1.29. The predicted octanol–water partition coefficient (Wildman–Crippen LogP) is 5.35. The number of hydrogen-bond donors (Lipinski definition) is 1. The number of amides is 1. The zero-order valence-corrected chi connectivity index (χ0v) is 25.4. The van der Waals surface area contributed by atoms with Crippen molar-refractivity contribution in [3.8, 4) is 16.5 Å². The Morgan fingerprint density at radius 2 is 2.04 bits per heavy atom. The van der Waals surface area contributed by atoms with Gasteiger partial charge in [0.05, 0.1) is 30.8 Å². The Morgan fingerprint density at radius 3 is 2.74 bits per heavy atom. The smallest absolute Gasteiger partial charge is 0.410 e. The number of carbonyl (C=O) groups is 2. The van der Waals surface area contributed by atoms with E-state index >= 15 is 0 Å². The van der Waals surface area contributed by atoms with E-state index in [1.54, 1.807) is 23.6 Å². The summed E-state index contributed by atoms with van der Waals surface area (Å²) in [4.78, 5) is 41.8. The van der Waals surface area contributed by atoms with Crippen LogP contribution in [0.4, 0.5) is 33.9 Å². The predicted molar refractivity (Wildman–Crippen MR) is 161 cm³/mol. The number of methoxy groups -OCH3 is 1. The molecule has 0 spiro atoms. The molecule has 0 saturated carbocycles. The third-order valence-electron chi connectivity index (χ3n) is 8.11. The van der Waals surface area contributed by atoms with Gasteiger partial charge in [-0.2, -0.15) is 0 Å². The first-order valence-corrected chi connectivity index (χ1v) is 15.4. The van der Waals surface area contributed by atoms with E-state index in [2.05, 4.69) is 15.0 Å². The average molecular weight is 663 g/mol. The fourth-order valence-corrected chi connectivity index (χ4v) is 6.60. The SMILES string of the molecule is COC(=O)N1CC=C(c2cnc(O[C@H]3C[C@@H](C(=O)O)N(c4cc(-c5cccs5)nc(C(F)F)n4)C3)c(N3CCCC(F)(F)C3)c2)C1. The topological polar surface area (TPSA) is 121 Å². The molecule has 46 heavy (non-hydrogen) atoms. The third-order valence-corrected chi connectivity index (χ3v) is 9.00. The van der Waals surface area contributed by atoms with Crippen LogP contribution in [0.1, 0.15) is 37.1 Å². The van der Waals surface area contributed by atoms with Gasteiger partial charge in [0, 0.05) is 44.7 Å². The largest absolute Gasteiger partial charge is 0.480 e. The molecule has 244 valence electrons. The van der Waals surface area contributed by atoms with Crippen molar-refractivity contribution in [2.75, 3.05) is 49.6 Å². The van der Waals surface area contributed by atoms with Crippen molar-refractivity contribution in [1.29, 1.82) is 0 Å². The molecule has 16 heteroatoms. The summed E-state index contributed by atoms with van der Waals surface area (Å²) in [5.41, 5.74) is 1.91. The van der Waals surface area contributed by atoms with Crippen LogP contribution in [0.15, 0.2) is 41.9 Å². The molecule has 3 aliphatic rings. The minimum atomic E-state index is -2.99. The number of thiophene rings is 1. The van der Waals surface area contributed by atoms with Crippen molar-refractivity contribution in [3.63, 3.8) is 0 Å². The number of carbonyl (C=O) groups excluding carboxylic acids is 1. The third kappa shape index (κ3) is 6.57. The molecule has 1 amide bonds. The molecule has 6 heterocycles. The van der Waals surface area contributed by atoms with Gasteiger partial charge < -0.3 is 29.3 Å². The highest BCUT2D eigenvalue weighted by Crippen LogP contribution is 2.39. The van der Waals surface area contributed by atoms with Crippen molar-refractivity contribution in [2.24, 2.45) is 0 Å². The molecule has 2 fully saturated rings. The highest BCUT2D eigenvalue weighted by Gasteiger charge is 2.41. The number of nitrogens with zero attached hydrogens (tertiary/aromatic N) is 6. The number of halogens is 4. The Kier molecular flexibility index (Phi) is 8.72. The molecule has 2 saturated heterocycles. The average Bonchev–Trinajstić information content (AvgIpc) is 3.82. The number of anilines is 2. The fraction of sp³-hybridized carbons (Fsp3) is 0.433. The van der Waals surface area contributed by atoms with Crippen molar-refractivity contribution in [2.45, 2.75) is 43.8 Å². The summed E-state index contributed by atoms with van der Waals surface area (Å²) in [7, 11) is 1.28. The standard InChI is InChI=1S/C30H30F4N6O5S/c1-44-29(43)38-8-5-17(14-38)18-10-21(39-7-3-6-30(33,34)16-39)27(35-13-18)45-19-11-22(28(41)42)40(15-19)24-12-20(23-4-2-9-46-23)36-26(37-24)25(31)32/h2,4-5,9-10,12-13,19,22,25H,3,6-8,11,14-16H2,1H3,(H,41,42)/t19-,22-/m0/s1. The summed E-state index contributed by atoms with van der Waals surface area (Å²) in [6.45, 7) is 0.283. The number of aromatic nitrogens is 3. The molecule has 6 rings (SSSR count). The van der Waals surface area contributed by atoms with E-state index in [4.69, 9.17) is 9.47 Å². The van der Waals surface area contributed by atoms with E-state index < -0.39 is 48.9 Å². The zero-order valence-electron chi connectivity index (χ0n) is 24.6. The maximum Gasteiger partial charge on any atom is 0.410 e. The van der Waals surface area contributed by atoms with Crippen molar-refractivity contribution < 1.29 is 41.7 Å². The molecule has 3 aromatic heterocycles. The molecule has 3 aromatic rings. The Balaban J connectivity index is 1.30. The number of hydrogen-bond acceptors (Lipinski definition) is 10. The number of piperidine rings is 1. The van der Waals surface area contributed by atoms with E-state index in [9.17, 15) is 32.3 Å². The maximum atomic E-state index is 14.6. The summed E-state index contributed by atoms with van der Waals surface area (Å²) in [5.74, 6) is -4.82. The van der Waals surface area contributed by atoms with Crippen LogP contribution in [0, 0.1) is 0 Å². The highest BCUT2D eigenvalue weighted by atomic mass is 32.1. The number of pyridine rings is 1. The molecule has 0 radical (unpaired) electrons. The van der Waals surface area contributed by atoms with Crippen molar-refractivity contribution in [3.05, 3.63) is 53.3 Å². The van der Waals surface area contributed by atoms with Crippen molar-refractivity contribution >= 4 is 40.5 Å². The minimum absolute atomic E-state index is 0.00901. The molecular formula is C30H30F4N6O5S. The quantitative estimate of drug-likeness (QED) is 0.316. The second-order valence-corrected chi connectivity index (χ2v) is 12.2. The first kappa shape index (κ1) is 31.5. The van der Waals surface area contributed by atoms with Crippen LogP contribution in [0.25, 0.3) is 16.1 Å². The van der Waals surface area contributed by atoms with Gasteiger partial charge >= 0.3 is 12.1 Å². The second-order valence-electron chi connectivity index (χ2n) is 11.2. The lowest BCUT2D eigenvalue weighted by atomic mass is 10.0. The van der Waals surface area contributed by atoms with Gasteiger partial charge in [0.25, 0.3) is 12.3 Å². The molecule has 1 N–H and O–H groups in total. The van der Waals surface area contributed by atoms with Crippen LogP contribution in [0.3, 0.4) is 0 Å². The van der Waals surface area contributed by atoms with Crippen LogP contribution in [-0.4, -0.2) is 94.9 Å². The fourth-order valence-electron chi connectivity index (χ4n) is 5.91. The van der Waals surface area contributed by atoms with Crippen LogP contribution in [-0.2, 0) is 9.53 Å². The van der Waals surface area contributed by atoms with E-state index in [0.717, 1.165) is 5.57 Å². The first-order valence-electron chi connectivity index (χ1n) is 14.5. The number of aliphatic carboxylic acids is 1. The molecule has 0 unspecified atom stereocenters. The molecule has 11 nitrogen and oxygen atoms in total. The number of rotatable bonds is 8. The second kappa shape index (κ2) is 12.7. The molecule has 2 atom stereocenters. The summed E-state index contributed by atoms with van der Waals surface area (Å²) in [5, 5.41) is 11.8. The van der Waals surface area contributed by atoms with Gasteiger partial charge in [0.15, 0.2) is 5.82 Å². The van der Waals surface area contributed by atoms with Gasteiger partial charge in [0.1, 0.15) is 23.7 Å². The highest BCUT2D eigenvalue weighted by molar-refractivity contribution is 7.13. The van der Waals surface area contributed by atoms with Gasteiger partial charge in [-0.15, -0.1) is 11.3 Å². The lowest BCUT2D eigenvalue weighted by Crippen LogP contribution is -2.43. The minimum Gasteiger partial charge on any atom is -0.480 e. The number of alkyl halides is 4. The van der Waals surface area contributed by atoms with Gasteiger partial charge in [-0.25, -0.2) is 42.1 Å². The van der Waals surface area contributed by atoms with Gasteiger partial charge in [-0.1, -0.05) is 12.1 Å². The van der Waals surface area contributed by atoms with Gasteiger partial charge in [-0.3, -0.25) is 0 Å². The lowest BCUT2D eigenvalue weighted by Gasteiger charge is -2.35. The lowest BCUT2D eigenvalue weighted by molar-refractivity contribution is -0.138. The molecule has 0 aromatic carbocycles. The van der Waals surface area contributed by atoms with E-state index in [1.807, 2.05) is 6.08 Å². The van der Waals surface area contributed by atoms with Crippen LogP contribution >= 0.6 is 11.3 Å². The molecule has 0 bridgehead atoms. The number of ether oxygens (including phenoxy) is 2. The van der Waals surface area contributed by atoms with E-state index in [1.165, 1.54) is 45.4 Å². The summed E-state index contributed by atoms with van der Waals surface area (Å²) in [6, 6.07) is 5.45.